The Morgan fingerprint density at radius 3 is 1.87 bits per heavy atom. The molecule has 2 fully saturated rings. The molecule has 5 atom stereocenters. The summed E-state index contributed by atoms with van der Waals surface area (Å²) in [5.41, 5.74) is 3.75. The first-order chi connectivity index (χ1) is 29.4. The third-order valence-electron chi connectivity index (χ3n) is 11.0. The highest BCUT2D eigenvalue weighted by atomic mass is 16.5. The van der Waals surface area contributed by atoms with Crippen molar-refractivity contribution in [2.75, 3.05) is 27.3 Å². The molecule has 0 aliphatic carbocycles. The molecule has 0 bridgehead atoms. The number of benzene rings is 2. The van der Waals surface area contributed by atoms with Gasteiger partial charge in [-0.15, -0.1) is 0 Å². The molecule has 15 nitrogen and oxygen atoms in total. The maximum Gasteiger partial charge on any atom is 0.407 e. The lowest BCUT2D eigenvalue weighted by atomic mass is 10.0. The first kappa shape index (κ1) is 43.8. The van der Waals surface area contributed by atoms with Crippen LogP contribution in [0, 0.1) is 35.5 Å². The molecular formula is C46H54N8O7. The van der Waals surface area contributed by atoms with E-state index in [-0.39, 0.29) is 41.8 Å². The van der Waals surface area contributed by atoms with Crippen LogP contribution in [0.3, 0.4) is 0 Å². The van der Waals surface area contributed by atoms with Gasteiger partial charge >= 0.3 is 12.2 Å². The van der Waals surface area contributed by atoms with E-state index in [2.05, 4.69) is 49.3 Å². The average molecular weight is 831 g/mol. The lowest BCUT2D eigenvalue weighted by Crippen LogP contribution is -2.51. The summed E-state index contributed by atoms with van der Waals surface area (Å²) >= 11 is 0. The fourth-order valence-electron chi connectivity index (χ4n) is 7.68. The van der Waals surface area contributed by atoms with E-state index in [1.54, 1.807) is 22.2 Å². The van der Waals surface area contributed by atoms with Crippen LogP contribution in [0.25, 0.3) is 11.3 Å². The van der Waals surface area contributed by atoms with Crippen LogP contribution in [0.1, 0.15) is 107 Å². The molecule has 320 valence electrons. The second-order valence-corrected chi connectivity index (χ2v) is 15.8. The molecule has 0 saturated carbocycles. The van der Waals surface area contributed by atoms with Crippen LogP contribution in [-0.4, -0.2) is 93.1 Å². The van der Waals surface area contributed by atoms with Crippen molar-refractivity contribution in [2.24, 2.45) is 11.8 Å². The number of aromatic nitrogens is 4. The number of carbonyl (C=O) groups is 4. The summed E-state index contributed by atoms with van der Waals surface area (Å²) in [7, 11) is 2.55. The number of methoxy groups -OCH3 is 2. The van der Waals surface area contributed by atoms with Gasteiger partial charge in [-0.05, 0) is 85.8 Å². The quantitative estimate of drug-likeness (QED) is 0.117. The molecule has 0 radical (unpaired) electrons. The molecule has 4 aromatic rings. The molecule has 2 aliphatic rings. The second-order valence-electron chi connectivity index (χ2n) is 15.8. The Morgan fingerprint density at radius 2 is 1.30 bits per heavy atom. The van der Waals surface area contributed by atoms with Crippen LogP contribution < -0.4 is 15.4 Å². The van der Waals surface area contributed by atoms with Crippen molar-refractivity contribution in [2.45, 2.75) is 90.6 Å². The highest BCUT2D eigenvalue weighted by molar-refractivity contribution is 5.87. The fourth-order valence-corrected chi connectivity index (χ4v) is 7.68. The second kappa shape index (κ2) is 20.0. The van der Waals surface area contributed by atoms with Crippen LogP contribution in [0.15, 0.2) is 60.9 Å². The molecule has 4 amide bonds. The molecule has 2 saturated heterocycles. The van der Waals surface area contributed by atoms with Crippen molar-refractivity contribution in [3.63, 3.8) is 0 Å². The fraction of sp³-hybridized carbons (Fsp3) is 0.435. The summed E-state index contributed by atoms with van der Waals surface area (Å²) in [5, 5.41) is 5.36. The monoisotopic (exact) mass is 830 g/mol. The third kappa shape index (κ3) is 10.5. The third-order valence-corrected chi connectivity index (χ3v) is 11.0. The van der Waals surface area contributed by atoms with Crippen LogP contribution in [0.2, 0.25) is 0 Å². The topological polar surface area (TPSA) is 184 Å². The molecule has 6 rings (SSSR count). The van der Waals surface area contributed by atoms with Crippen molar-refractivity contribution in [1.29, 1.82) is 0 Å². The minimum atomic E-state index is -0.730. The average Bonchev–Trinajstić information content (AvgIpc) is 4.10. The van der Waals surface area contributed by atoms with Crippen LogP contribution >= 0.6 is 0 Å². The lowest BCUT2D eigenvalue weighted by molar-refractivity contribution is -0.136. The van der Waals surface area contributed by atoms with Gasteiger partial charge in [-0.25, -0.2) is 19.6 Å². The highest BCUT2D eigenvalue weighted by Gasteiger charge is 2.39. The normalized spacial score (nSPS) is 17.4. The Bertz CT molecular complexity index is 2310. The molecule has 61 heavy (non-hydrogen) atoms. The van der Waals surface area contributed by atoms with E-state index in [0.29, 0.717) is 41.7 Å². The van der Waals surface area contributed by atoms with Gasteiger partial charge in [0.25, 0.3) is 0 Å². The summed E-state index contributed by atoms with van der Waals surface area (Å²) in [4.78, 5) is 70.7. The summed E-state index contributed by atoms with van der Waals surface area (Å²) < 4.78 is 16.1. The van der Waals surface area contributed by atoms with Crippen LogP contribution in [0.5, 0.6) is 5.75 Å². The zero-order valence-corrected chi connectivity index (χ0v) is 35.7. The van der Waals surface area contributed by atoms with Gasteiger partial charge in [0.1, 0.15) is 41.3 Å². The molecule has 2 aromatic heterocycles. The molecule has 4 heterocycles. The molecule has 2 aliphatic heterocycles. The maximum absolute atomic E-state index is 13.7. The Kier molecular flexibility index (Phi) is 14.4. The predicted molar refractivity (Wildman–Crippen MR) is 228 cm³/mol. The number of imidazole rings is 2. The molecule has 0 spiro atoms. The van der Waals surface area contributed by atoms with Gasteiger partial charge in [-0.3, -0.25) is 9.59 Å². The summed E-state index contributed by atoms with van der Waals surface area (Å²) in [5.74, 6) is 13.3. The zero-order chi connectivity index (χ0) is 43.6. The Hall–Kier alpha value is -6.74. The first-order valence-electron chi connectivity index (χ1n) is 20.7. The van der Waals surface area contributed by atoms with Crippen LogP contribution in [-0.2, 0) is 19.1 Å². The minimum absolute atomic E-state index is 0.138. The molecular weight excluding hydrogens is 777 g/mol. The van der Waals surface area contributed by atoms with Gasteiger partial charge in [-0.1, -0.05) is 64.1 Å². The van der Waals surface area contributed by atoms with Crippen molar-refractivity contribution in [3.05, 3.63) is 89.4 Å². The van der Waals surface area contributed by atoms with E-state index in [1.807, 2.05) is 83.1 Å². The number of aromatic amines is 2. The lowest BCUT2D eigenvalue weighted by Gasteiger charge is -2.30. The van der Waals surface area contributed by atoms with Crippen LogP contribution in [0.4, 0.5) is 9.59 Å². The van der Waals surface area contributed by atoms with Gasteiger partial charge in [0.2, 0.25) is 11.8 Å². The van der Waals surface area contributed by atoms with Crippen molar-refractivity contribution < 1.29 is 33.4 Å². The van der Waals surface area contributed by atoms with E-state index in [9.17, 15) is 19.2 Å². The number of H-pyrrole nitrogens is 2. The summed E-state index contributed by atoms with van der Waals surface area (Å²) in [6, 6.07) is 13.6. The standard InChI is InChI=1S/C46H54N8O7/c1-28(2)39(51-45(57)59-6)43(55)53-23-13-19-36(53)41-47-26-34(49-41)18-12-11-17-32-21-22-33(25-38(32)61-30(5)31-15-9-8-10-16-31)35-27-48-42(50-35)37-20-14-24-54(37)44(56)40(29(3)4)52-46(58)60-7/h8-10,15-16,21-22,25-30,36-37,39-40H,13-14,19-20,23-24H2,1-7H3,(H,47,49)(H,48,50)(H,51,57)(H,52,58)/t30?,36-,37-,39-,40-/m0/s1. The van der Waals surface area contributed by atoms with Crippen molar-refractivity contribution in [1.82, 2.24) is 40.4 Å². The van der Waals surface area contributed by atoms with Gasteiger partial charge < -0.3 is 44.6 Å². The first-order valence-corrected chi connectivity index (χ1v) is 20.7. The van der Waals surface area contributed by atoms with E-state index in [0.717, 1.165) is 42.5 Å². The minimum Gasteiger partial charge on any atom is -0.485 e. The number of amides is 4. The highest BCUT2D eigenvalue weighted by Crippen LogP contribution is 2.35. The van der Waals surface area contributed by atoms with E-state index < -0.39 is 24.3 Å². The number of carbonyl (C=O) groups excluding carboxylic acids is 4. The summed E-state index contributed by atoms with van der Waals surface area (Å²) in [6.07, 6.45) is 4.85. The Morgan fingerprint density at radius 1 is 0.738 bits per heavy atom. The number of hydrogen-bond acceptors (Lipinski definition) is 9. The Labute approximate surface area is 356 Å². The van der Waals surface area contributed by atoms with E-state index >= 15 is 0 Å². The Balaban J connectivity index is 1.21. The maximum atomic E-state index is 13.7. The number of nitrogens with zero attached hydrogens (tertiary/aromatic N) is 4. The van der Waals surface area contributed by atoms with Gasteiger partial charge in [0, 0.05) is 18.7 Å². The number of nitrogens with one attached hydrogen (secondary N) is 4. The predicted octanol–water partition coefficient (Wildman–Crippen LogP) is 6.43. The zero-order valence-electron chi connectivity index (χ0n) is 35.7. The largest absolute Gasteiger partial charge is 0.485 e. The van der Waals surface area contributed by atoms with E-state index in [4.69, 9.17) is 19.2 Å². The number of ether oxygens (including phenoxy) is 3. The molecule has 4 N–H and O–H groups in total. The van der Waals surface area contributed by atoms with Crippen molar-refractivity contribution in [3.8, 4) is 40.7 Å². The summed E-state index contributed by atoms with van der Waals surface area (Å²) in [6.45, 7) is 10.6. The SMILES string of the molecule is COC(=O)N[C@H](C(=O)N1CCC[C@H]1c1ncc(C#CC#Cc2ccc(-c3cnc([C@@H]4CCCN4C(=O)[C@@H](NC(=O)OC)C(C)C)[nH]3)cc2OC(C)c2ccccc2)[nH]1)C(C)C. The smallest absolute Gasteiger partial charge is 0.407 e. The number of hydrogen-bond donors (Lipinski definition) is 4. The van der Waals surface area contributed by atoms with Gasteiger partial charge in [0.15, 0.2) is 0 Å². The number of rotatable bonds is 12. The van der Waals surface area contributed by atoms with E-state index in [1.165, 1.54) is 14.2 Å². The molecule has 1 unspecified atom stereocenters. The van der Waals surface area contributed by atoms with Crippen molar-refractivity contribution >= 4 is 24.0 Å². The number of likely N-dealkylation sites (tertiary alicyclic amines) is 2. The van der Waals surface area contributed by atoms with Gasteiger partial charge in [-0.2, -0.15) is 0 Å². The van der Waals surface area contributed by atoms with Gasteiger partial charge in [0.05, 0.1) is 50.0 Å². The molecule has 15 heteroatoms. The molecule has 2 aromatic carbocycles. The number of alkyl carbamates (subject to hydrolysis) is 2.